The number of benzene rings is 1. The number of aliphatic hydroxyl groups is 1. The second-order valence-electron chi connectivity index (χ2n) is 5.04. The molecule has 0 fully saturated rings. The van der Waals surface area contributed by atoms with Gasteiger partial charge in [0.15, 0.2) is 0 Å². The molecular weight excluding hydrogens is 304 g/mol. The van der Waals surface area contributed by atoms with Crippen LogP contribution >= 0.6 is 0 Å². The number of nitrogens with one attached hydrogen (secondary N) is 1. The van der Waals surface area contributed by atoms with Crippen LogP contribution in [-0.2, 0) is 17.1 Å². The number of aryl methyl sites for hydroxylation is 2. The zero-order chi connectivity index (χ0) is 16.3. The molecule has 6 nitrogen and oxygen atoms in total. The van der Waals surface area contributed by atoms with Gasteiger partial charge in [-0.2, -0.15) is 0 Å². The predicted molar refractivity (Wildman–Crippen MR) is 83.3 cm³/mol. The molecule has 0 aliphatic rings. The Labute approximate surface area is 130 Å². The minimum Gasteiger partial charge on any atom is -0.496 e. The third-order valence-corrected chi connectivity index (χ3v) is 4.89. The first-order valence-corrected chi connectivity index (χ1v) is 8.27. The minimum atomic E-state index is -3.68. The van der Waals surface area contributed by atoms with E-state index in [1.807, 2.05) is 0 Å². The maximum absolute atomic E-state index is 12.3. The Kier molecular flexibility index (Phi) is 4.90. The van der Waals surface area contributed by atoms with Crippen molar-refractivity contribution in [2.45, 2.75) is 17.9 Å². The van der Waals surface area contributed by atoms with Crippen LogP contribution in [0.5, 0.6) is 5.75 Å². The van der Waals surface area contributed by atoms with E-state index in [0.29, 0.717) is 11.4 Å². The third-order valence-electron chi connectivity index (χ3n) is 3.47. The topological polar surface area (TPSA) is 80.6 Å². The lowest BCUT2D eigenvalue weighted by atomic mass is 10.2. The summed E-state index contributed by atoms with van der Waals surface area (Å²) < 4.78 is 33.8. The second kappa shape index (κ2) is 6.51. The second-order valence-corrected chi connectivity index (χ2v) is 6.81. The lowest BCUT2D eigenvalue weighted by Crippen LogP contribution is -2.29. The summed E-state index contributed by atoms with van der Waals surface area (Å²) in [7, 11) is -0.357. The summed E-state index contributed by atoms with van der Waals surface area (Å²) in [4.78, 5) is 0.143. The van der Waals surface area contributed by atoms with Crippen molar-refractivity contribution in [1.82, 2.24) is 9.29 Å². The Balaban J connectivity index is 2.11. The zero-order valence-electron chi connectivity index (χ0n) is 12.8. The standard InChI is InChI=1S/C15H20N2O4S/c1-11-9-12(6-7-15(11)21-3)22(19,20)16-10-14(18)13-5-4-8-17(13)2/h4-9,14,16,18H,10H2,1-3H3. The SMILES string of the molecule is COc1ccc(S(=O)(=O)NCC(O)c2cccn2C)cc1C. The van der Waals surface area contributed by atoms with E-state index in [4.69, 9.17) is 4.74 Å². The molecule has 2 aromatic rings. The molecule has 1 heterocycles. The maximum atomic E-state index is 12.3. The number of sulfonamides is 1. The molecule has 0 bridgehead atoms. The number of aliphatic hydroxyl groups excluding tert-OH is 1. The van der Waals surface area contributed by atoms with E-state index in [9.17, 15) is 13.5 Å². The van der Waals surface area contributed by atoms with Crippen LogP contribution in [0.2, 0.25) is 0 Å². The number of nitrogens with zero attached hydrogens (tertiary/aromatic N) is 1. The number of ether oxygens (including phenoxy) is 1. The van der Waals surface area contributed by atoms with Crippen LogP contribution < -0.4 is 9.46 Å². The van der Waals surface area contributed by atoms with Crippen LogP contribution in [0.1, 0.15) is 17.4 Å². The molecule has 0 spiro atoms. The summed E-state index contributed by atoms with van der Waals surface area (Å²) in [5, 5.41) is 10.1. The smallest absolute Gasteiger partial charge is 0.240 e. The van der Waals surface area contributed by atoms with E-state index in [1.165, 1.54) is 19.2 Å². The minimum absolute atomic E-state index is 0.0920. The highest BCUT2D eigenvalue weighted by molar-refractivity contribution is 7.89. The van der Waals surface area contributed by atoms with Crippen LogP contribution in [0.15, 0.2) is 41.4 Å². The summed E-state index contributed by atoms with van der Waals surface area (Å²) in [5.74, 6) is 0.628. The first-order valence-electron chi connectivity index (χ1n) is 6.79. The van der Waals surface area contributed by atoms with Gasteiger partial charge >= 0.3 is 0 Å². The van der Waals surface area contributed by atoms with Gasteiger partial charge in [0, 0.05) is 25.5 Å². The lowest BCUT2D eigenvalue weighted by Gasteiger charge is -2.14. The third kappa shape index (κ3) is 3.49. The highest BCUT2D eigenvalue weighted by Gasteiger charge is 2.18. The van der Waals surface area contributed by atoms with Gasteiger partial charge in [-0.25, -0.2) is 13.1 Å². The highest BCUT2D eigenvalue weighted by atomic mass is 32.2. The van der Waals surface area contributed by atoms with Crippen molar-refractivity contribution in [3.63, 3.8) is 0 Å². The van der Waals surface area contributed by atoms with Crippen molar-refractivity contribution < 1.29 is 18.3 Å². The Hall–Kier alpha value is -1.83. The van der Waals surface area contributed by atoms with Crippen LogP contribution in [0, 0.1) is 6.92 Å². The molecule has 0 radical (unpaired) electrons. The molecule has 1 aromatic carbocycles. The molecule has 0 saturated carbocycles. The zero-order valence-corrected chi connectivity index (χ0v) is 13.6. The molecule has 2 rings (SSSR count). The Bertz CT molecular complexity index is 753. The molecule has 0 saturated heterocycles. The van der Waals surface area contributed by atoms with E-state index in [0.717, 1.165) is 5.56 Å². The molecule has 1 aromatic heterocycles. The van der Waals surface area contributed by atoms with Crippen molar-refractivity contribution in [2.75, 3.05) is 13.7 Å². The summed E-state index contributed by atoms with van der Waals surface area (Å²) in [6, 6.07) is 8.16. The van der Waals surface area contributed by atoms with E-state index in [2.05, 4.69) is 4.72 Å². The fourth-order valence-corrected chi connectivity index (χ4v) is 3.34. The Morgan fingerprint density at radius 2 is 2.09 bits per heavy atom. The molecule has 0 aliphatic carbocycles. The monoisotopic (exact) mass is 324 g/mol. The van der Waals surface area contributed by atoms with Crippen LogP contribution in [-0.4, -0.2) is 31.7 Å². The number of hydrogen-bond donors (Lipinski definition) is 2. The van der Waals surface area contributed by atoms with Crippen molar-refractivity contribution in [2.24, 2.45) is 7.05 Å². The molecule has 7 heteroatoms. The van der Waals surface area contributed by atoms with Gasteiger partial charge in [-0.1, -0.05) is 0 Å². The average Bonchev–Trinajstić information content (AvgIpc) is 2.91. The van der Waals surface area contributed by atoms with Gasteiger partial charge in [0.2, 0.25) is 10.0 Å². The van der Waals surface area contributed by atoms with E-state index in [1.54, 1.807) is 42.9 Å². The molecule has 2 N–H and O–H groups in total. The first kappa shape index (κ1) is 16.5. The van der Waals surface area contributed by atoms with Gasteiger partial charge in [0.25, 0.3) is 0 Å². The lowest BCUT2D eigenvalue weighted by molar-refractivity contribution is 0.173. The summed E-state index contributed by atoms with van der Waals surface area (Å²) in [6.07, 6.45) is 0.883. The van der Waals surface area contributed by atoms with Crippen molar-refractivity contribution in [3.05, 3.63) is 47.8 Å². The quantitative estimate of drug-likeness (QED) is 0.840. The fraction of sp³-hybridized carbons (Fsp3) is 0.333. The highest BCUT2D eigenvalue weighted by Crippen LogP contribution is 2.21. The van der Waals surface area contributed by atoms with Crippen LogP contribution in [0.3, 0.4) is 0 Å². The van der Waals surface area contributed by atoms with Gasteiger partial charge in [-0.15, -0.1) is 0 Å². The van der Waals surface area contributed by atoms with Gasteiger partial charge in [-0.3, -0.25) is 0 Å². The normalized spacial score (nSPS) is 13.1. The number of hydrogen-bond acceptors (Lipinski definition) is 4. The largest absolute Gasteiger partial charge is 0.496 e. The molecular formula is C15H20N2O4S. The number of aromatic nitrogens is 1. The molecule has 22 heavy (non-hydrogen) atoms. The van der Waals surface area contributed by atoms with Gasteiger partial charge in [0.1, 0.15) is 11.9 Å². The van der Waals surface area contributed by atoms with Crippen molar-refractivity contribution >= 4 is 10.0 Å². The molecule has 1 atom stereocenters. The average molecular weight is 324 g/mol. The van der Waals surface area contributed by atoms with Crippen LogP contribution in [0.25, 0.3) is 0 Å². The van der Waals surface area contributed by atoms with E-state index < -0.39 is 16.1 Å². The summed E-state index contributed by atoms with van der Waals surface area (Å²) >= 11 is 0. The Morgan fingerprint density at radius 3 is 2.64 bits per heavy atom. The maximum Gasteiger partial charge on any atom is 0.240 e. The van der Waals surface area contributed by atoms with E-state index in [-0.39, 0.29) is 11.4 Å². The van der Waals surface area contributed by atoms with Crippen molar-refractivity contribution in [3.8, 4) is 5.75 Å². The molecule has 120 valence electrons. The van der Waals surface area contributed by atoms with E-state index >= 15 is 0 Å². The Morgan fingerprint density at radius 1 is 1.36 bits per heavy atom. The van der Waals surface area contributed by atoms with Gasteiger partial charge in [0.05, 0.1) is 12.0 Å². The fourth-order valence-electron chi connectivity index (χ4n) is 2.22. The summed E-state index contributed by atoms with van der Waals surface area (Å²) in [6.45, 7) is 1.68. The first-order chi connectivity index (χ1) is 10.3. The van der Waals surface area contributed by atoms with Crippen LogP contribution in [0.4, 0.5) is 0 Å². The van der Waals surface area contributed by atoms with Crippen molar-refractivity contribution in [1.29, 1.82) is 0 Å². The molecule has 0 amide bonds. The number of methoxy groups -OCH3 is 1. The summed E-state index contributed by atoms with van der Waals surface area (Å²) in [5.41, 5.74) is 1.38. The number of rotatable bonds is 6. The molecule has 1 unspecified atom stereocenters. The van der Waals surface area contributed by atoms with Gasteiger partial charge in [-0.05, 0) is 42.8 Å². The molecule has 0 aliphatic heterocycles. The van der Waals surface area contributed by atoms with Gasteiger partial charge < -0.3 is 14.4 Å². The predicted octanol–water partition coefficient (Wildman–Crippen LogP) is 1.35.